The number of hydrogen-bond donors (Lipinski definition) is 0. The van der Waals surface area contributed by atoms with E-state index in [-0.39, 0.29) is 19.3 Å². The van der Waals surface area contributed by atoms with E-state index >= 15 is 0 Å². The van der Waals surface area contributed by atoms with Crippen LogP contribution in [0.5, 0.6) is 0 Å². The molecular weight excluding hydrogens is 347 g/mol. The quantitative estimate of drug-likeness (QED) is 0.352. The van der Waals surface area contributed by atoms with Gasteiger partial charge in [0.1, 0.15) is 6.07 Å². The summed E-state index contributed by atoms with van der Waals surface area (Å²) in [7, 11) is 0. The highest BCUT2D eigenvalue weighted by atomic mass is 35.5. The van der Waals surface area contributed by atoms with Gasteiger partial charge in [-0.15, -0.1) is 0 Å². The van der Waals surface area contributed by atoms with Gasteiger partial charge in [0, 0.05) is 6.42 Å². The zero-order valence-corrected chi connectivity index (χ0v) is 10.9. The molecule has 0 aliphatic heterocycles. The molecule has 2 nitrogen and oxygen atoms in total. The first-order chi connectivity index (χ1) is 9.31. The summed E-state index contributed by atoms with van der Waals surface area (Å²) < 4.78 is 120. The number of alkyl halides is 10. The molecule has 0 N–H and O–H groups in total. The maximum atomic E-state index is 12.9. The summed E-state index contributed by atoms with van der Waals surface area (Å²) in [5, 5.41) is 0. The van der Waals surface area contributed by atoms with Crippen LogP contribution in [0.3, 0.4) is 0 Å². The summed E-state index contributed by atoms with van der Waals surface area (Å²) in [6, 6.07) is -0.255. The summed E-state index contributed by atoms with van der Waals surface area (Å²) >= 11 is 5.05. The minimum Gasteiger partial charge on any atom is -0.379 e. The van der Waals surface area contributed by atoms with Gasteiger partial charge < -0.3 is 9.47 Å². The summed E-state index contributed by atoms with van der Waals surface area (Å²) in [4.78, 5) is 0. The summed E-state index contributed by atoms with van der Waals surface area (Å²) in [5.74, 6) is -19.1. The van der Waals surface area contributed by atoms with E-state index in [4.69, 9.17) is 11.6 Å². The molecular formula is C9H10ClF9O2. The molecule has 0 aliphatic carbocycles. The van der Waals surface area contributed by atoms with Gasteiger partial charge in [0.25, 0.3) is 0 Å². The average molecular weight is 357 g/mol. The van der Waals surface area contributed by atoms with Crippen molar-refractivity contribution >= 4 is 11.6 Å². The molecule has 0 heterocycles. The molecule has 21 heavy (non-hydrogen) atoms. The molecule has 0 unspecified atom stereocenters. The Morgan fingerprint density at radius 3 is 1.57 bits per heavy atom. The van der Waals surface area contributed by atoms with Crippen LogP contribution in [-0.4, -0.2) is 49.8 Å². The van der Waals surface area contributed by atoms with Crippen molar-refractivity contribution in [3.8, 4) is 0 Å². The minimum absolute atomic E-state index is 0.190. The maximum Gasteiger partial charge on any atom is 0.460 e. The van der Waals surface area contributed by atoms with Crippen LogP contribution < -0.4 is 0 Å². The first-order valence-corrected chi connectivity index (χ1v) is 5.76. The molecule has 0 saturated heterocycles. The lowest BCUT2D eigenvalue weighted by molar-refractivity contribution is -0.397. The second-order valence-electron chi connectivity index (χ2n) is 3.73. The molecule has 0 saturated carbocycles. The maximum absolute atomic E-state index is 12.9. The zero-order chi connectivity index (χ0) is 16.9. The van der Waals surface area contributed by atoms with E-state index in [0.717, 1.165) is 0 Å². The smallest absolute Gasteiger partial charge is 0.379 e. The van der Waals surface area contributed by atoms with Crippen LogP contribution in [0.25, 0.3) is 0 Å². The normalized spacial score (nSPS) is 14.6. The van der Waals surface area contributed by atoms with Crippen molar-refractivity contribution in [3.63, 3.8) is 0 Å². The van der Waals surface area contributed by atoms with Crippen molar-refractivity contribution in [3.05, 3.63) is 0 Å². The number of halogens is 10. The Kier molecular flexibility index (Phi) is 7.08. The third-order valence-corrected chi connectivity index (χ3v) is 2.37. The van der Waals surface area contributed by atoms with Gasteiger partial charge in [-0.05, 0) is 0 Å². The molecule has 0 aromatic carbocycles. The van der Waals surface area contributed by atoms with Crippen LogP contribution in [0.2, 0.25) is 0 Å². The molecule has 12 heteroatoms. The lowest BCUT2D eigenvalue weighted by Gasteiger charge is -2.33. The highest BCUT2D eigenvalue weighted by molar-refractivity contribution is 6.17. The minimum atomic E-state index is -6.87. The van der Waals surface area contributed by atoms with Crippen LogP contribution >= 0.6 is 11.6 Å². The van der Waals surface area contributed by atoms with Gasteiger partial charge in [-0.3, -0.25) is 0 Å². The van der Waals surface area contributed by atoms with Gasteiger partial charge in [-0.2, -0.15) is 39.5 Å². The SMILES string of the molecule is FC(F)(F)C(F)(F)C(F)(F)C(F)(F)CCOCCOCCl. The van der Waals surface area contributed by atoms with Crippen LogP contribution in [0.1, 0.15) is 6.42 Å². The fourth-order valence-electron chi connectivity index (χ4n) is 1.04. The molecule has 0 fully saturated rings. The number of hydrogen-bond acceptors (Lipinski definition) is 2. The molecule has 0 spiro atoms. The summed E-state index contributed by atoms with van der Waals surface area (Å²) in [6.45, 7) is -1.73. The summed E-state index contributed by atoms with van der Waals surface area (Å²) in [6.07, 6.45) is -8.83. The highest BCUT2D eigenvalue weighted by Crippen LogP contribution is 2.53. The van der Waals surface area contributed by atoms with Gasteiger partial charge in [0.2, 0.25) is 0 Å². The highest BCUT2D eigenvalue weighted by Gasteiger charge is 2.81. The van der Waals surface area contributed by atoms with Crippen LogP contribution in [0, 0.1) is 0 Å². The molecule has 0 rings (SSSR count). The fourth-order valence-corrected chi connectivity index (χ4v) is 1.15. The Bertz CT molecular complexity index is 319. The van der Waals surface area contributed by atoms with E-state index in [1.807, 2.05) is 0 Å². The Labute approximate surface area is 118 Å². The predicted molar refractivity (Wildman–Crippen MR) is 53.0 cm³/mol. The largest absolute Gasteiger partial charge is 0.460 e. The van der Waals surface area contributed by atoms with Gasteiger partial charge in [-0.25, -0.2) is 0 Å². The van der Waals surface area contributed by atoms with Crippen LogP contribution in [0.15, 0.2) is 0 Å². The molecule has 0 aromatic rings. The van der Waals surface area contributed by atoms with E-state index in [1.165, 1.54) is 0 Å². The van der Waals surface area contributed by atoms with E-state index < -0.39 is 37.0 Å². The van der Waals surface area contributed by atoms with Crippen molar-refractivity contribution < 1.29 is 49.0 Å². The summed E-state index contributed by atoms with van der Waals surface area (Å²) in [5.41, 5.74) is 0. The van der Waals surface area contributed by atoms with Crippen molar-refractivity contribution in [2.24, 2.45) is 0 Å². The van der Waals surface area contributed by atoms with E-state index in [9.17, 15) is 39.5 Å². The van der Waals surface area contributed by atoms with Crippen molar-refractivity contribution in [1.29, 1.82) is 0 Å². The standard InChI is InChI=1S/C9H10ClF9O2/c10-5-21-4-3-20-2-1-6(11,12)7(13,14)8(15,16)9(17,18)19/h1-5H2. The predicted octanol–water partition coefficient (Wildman–Crippen LogP) is 4.07. The average Bonchev–Trinajstić information content (AvgIpc) is 2.31. The fraction of sp³-hybridized carbons (Fsp3) is 1.00. The second-order valence-corrected chi connectivity index (χ2v) is 3.95. The molecule has 128 valence electrons. The number of ether oxygens (including phenoxy) is 2. The monoisotopic (exact) mass is 356 g/mol. The van der Waals surface area contributed by atoms with Gasteiger partial charge in [0.15, 0.2) is 0 Å². The molecule has 0 amide bonds. The van der Waals surface area contributed by atoms with Crippen molar-refractivity contribution in [1.82, 2.24) is 0 Å². The Morgan fingerprint density at radius 2 is 1.14 bits per heavy atom. The third kappa shape index (κ3) is 4.78. The van der Waals surface area contributed by atoms with E-state index in [2.05, 4.69) is 9.47 Å². The molecule has 0 radical (unpaired) electrons. The van der Waals surface area contributed by atoms with E-state index in [1.54, 1.807) is 0 Å². The van der Waals surface area contributed by atoms with Gasteiger partial charge in [0.05, 0.1) is 19.8 Å². The molecule has 0 aliphatic rings. The van der Waals surface area contributed by atoms with Crippen LogP contribution in [-0.2, 0) is 9.47 Å². The first kappa shape index (κ1) is 20.6. The Morgan fingerprint density at radius 1 is 0.667 bits per heavy atom. The van der Waals surface area contributed by atoms with Crippen LogP contribution in [0.4, 0.5) is 39.5 Å². The topological polar surface area (TPSA) is 18.5 Å². The second kappa shape index (κ2) is 7.23. The lowest BCUT2D eigenvalue weighted by Crippen LogP contribution is -2.61. The van der Waals surface area contributed by atoms with Crippen molar-refractivity contribution in [2.45, 2.75) is 30.4 Å². The third-order valence-electron chi connectivity index (χ3n) is 2.22. The van der Waals surface area contributed by atoms with E-state index in [0.29, 0.717) is 0 Å². The number of rotatable bonds is 9. The first-order valence-electron chi connectivity index (χ1n) is 5.23. The molecule has 0 bridgehead atoms. The van der Waals surface area contributed by atoms with Crippen molar-refractivity contribution in [2.75, 3.05) is 25.9 Å². The molecule has 0 atom stereocenters. The Balaban J connectivity index is 4.66. The zero-order valence-electron chi connectivity index (χ0n) is 10.1. The molecule has 0 aromatic heterocycles. The van der Waals surface area contributed by atoms with Gasteiger partial charge in [-0.1, -0.05) is 11.6 Å². The van der Waals surface area contributed by atoms with Gasteiger partial charge >= 0.3 is 23.9 Å². The lowest BCUT2D eigenvalue weighted by atomic mass is 10.0. The Hall–Kier alpha value is -0.420.